The number of rotatable bonds is 7. The summed E-state index contributed by atoms with van der Waals surface area (Å²) in [4.78, 5) is 17.4. The molecular formula is C67H38N8. The molecule has 0 aliphatic carbocycles. The highest BCUT2D eigenvalue weighted by Crippen LogP contribution is 2.41. The molecule has 8 nitrogen and oxygen atoms in total. The maximum absolute atomic E-state index is 10.9. The number of benzene rings is 10. The smallest absolute Gasteiger partial charge is 0.198 e. The van der Waals surface area contributed by atoms with E-state index in [0.717, 1.165) is 77.6 Å². The molecule has 0 aliphatic heterocycles. The van der Waals surface area contributed by atoms with E-state index in [1.165, 1.54) is 21.5 Å². The average molecular weight is 955 g/mol. The number of hydrogen-bond acceptors (Lipinski definition) is 3. The van der Waals surface area contributed by atoms with Crippen LogP contribution in [0, 0.1) is 24.5 Å². The highest BCUT2D eigenvalue weighted by atomic mass is 15.0. The predicted molar refractivity (Wildman–Crippen MR) is 304 cm³/mol. The number of nitriles is 1. The van der Waals surface area contributed by atoms with E-state index in [0.29, 0.717) is 45.3 Å². The second-order valence-corrected chi connectivity index (χ2v) is 18.6. The van der Waals surface area contributed by atoms with Gasteiger partial charge in [-0.2, -0.15) is 5.26 Å². The van der Waals surface area contributed by atoms with Crippen LogP contribution in [0.2, 0.25) is 0 Å². The van der Waals surface area contributed by atoms with Gasteiger partial charge in [0.1, 0.15) is 5.82 Å². The molecule has 0 bridgehead atoms. The van der Waals surface area contributed by atoms with Crippen molar-refractivity contribution in [3.63, 3.8) is 0 Å². The van der Waals surface area contributed by atoms with Gasteiger partial charge in [0, 0.05) is 66.1 Å². The average Bonchev–Trinajstić information content (AvgIpc) is 4.12. The summed E-state index contributed by atoms with van der Waals surface area (Å²) < 4.78 is 7.01. The van der Waals surface area contributed by atoms with Crippen molar-refractivity contribution in [3.8, 4) is 68.2 Å². The molecule has 14 rings (SSSR count). The van der Waals surface area contributed by atoms with Gasteiger partial charge in [0.05, 0.1) is 69.3 Å². The number of para-hydroxylation sites is 6. The third-order valence-corrected chi connectivity index (χ3v) is 14.6. The molecule has 4 aromatic heterocycles. The zero-order chi connectivity index (χ0) is 50.1. The van der Waals surface area contributed by atoms with Gasteiger partial charge in [0.2, 0.25) is 0 Å². The Balaban J connectivity index is 0.911. The minimum atomic E-state index is 0.399. The van der Waals surface area contributed by atoms with E-state index in [1.54, 1.807) is 12.1 Å². The van der Waals surface area contributed by atoms with Crippen LogP contribution in [-0.4, -0.2) is 23.7 Å². The summed E-state index contributed by atoms with van der Waals surface area (Å²) in [6.07, 6.45) is 0. The fourth-order valence-corrected chi connectivity index (χ4v) is 11.2. The van der Waals surface area contributed by atoms with Crippen molar-refractivity contribution in [1.29, 1.82) is 5.26 Å². The van der Waals surface area contributed by atoms with Gasteiger partial charge in [-0.3, -0.25) is 0 Å². The molecule has 0 saturated heterocycles. The molecule has 0 fully saturated rings. The maximum atomic E-state index is 10.9. The van der Waals surface area contributed by atoms with Crippen LogP contribution in [0.25, 0.3) is 137 Å². The molecule has 4 heterocycles. The minimum Gasteiger partial charge on any atom is -0.309 e. The molecule has 0 atom stereocenters. The van der Waals surface area contributed by atoms with Crippen molar-refractivity contribution in [2.75, 3.05) is 0 Å². The Hall–Kier alpha value is -10.9. The first kappa shape index (κ1) is 43.0. The molecule has 0 aliphatic rings. The first-order chi connectivity index (χ1) is 37.1. The van der Waals surface area contributed by atoms with Crippen LogP contribution in [0.15, 0.2) is 231 Å². The molecular weight excluding hydrogens is 917 g/mol. The van der Waals surface area contributed by atoms with Gasteiger partial charge in [0.25, 0.3) is 0 Å². The van der Waals surface area contributed by atoms with Crippen molar-refractivity contribution in [2.45, 2.75) is 0 Å². The van der Waals surface area contributed by atoms with E-state index in [-0.39, 0.29) is 0 Å². The Kier molecular flexibility index (Phi) is 9.85. The quantitative estimate of drug-likeness (QED) is 0.149. The van der Waals surface area contributed by atoms with Crippen molar-refractivity contribution in [1.82, 2.24) is 23.7 Å². The third kappa shape index (κ3) is 6.81. The number of hydrogen-bond donors (Lipinski definition) is 0. The zero-order valence-electron chi connectivity index (χ0n) is 40.0. The van der Waals surface area contributed by atoms with Gasteiger partial charge in [-0.05, 0) is 90.0 Å². The highest BCUT2D eigenvalue weighted by molar-refractivity contribution is 6.14. The van der Waals surface area contributed by atoms with E-state index < -0.39 is 0 Å². The Labute approximate surface area is 430 Å². The van der Waals surface area contributed by atoms with Crippen LogP contribution >= 0.6 is 0 Å². The van der Waals surface area contributed by atoms with Crippen molar-refractivity contribution in [3.05, 3.63) is 259 Å². The lowest BCUT2D eigenvalue weighted by Crippen LogP contribution is -1.98. The van der Waals surface area contributed by atoms with Crippen LogP contribution in [0.1, 0.15) is 5.56 Å². The molecule has 14 aromatic rings. The second kappa shape index (κ2) is 17.2. The largest absolute Gasteiger partial charge is 0.309 e. The lowest BCUT2D eigenvalue weighted by Gasteiger charge is -2.13. The molecule has 346 valence electrons. The molecule has 10 aromatic carbocycles. The summed E-state index contributed by atoms with van der Waals surface area (Å²) in [6, 6.07) is 81.2. The topological polar surface area (TPSA) is 73.1 Å². The summed E-state index contributed by atoms with van der Waals surface area (Å²) in [5.74, 6) is 0.399. The first-order valence-electron chi connectivity index (χ1n) is 24.6. The van der Waals surface area contributed by atoms with Crippen molar-refractivity contribution >= 4 is 76.8 Å². The molecule has 0 radical (unpaired) electrons. The molecule has 75 heavy (non-hydrogen) atoms. The van der Waals surface area contributed by atoms with Gasteiger partial charge in [-0.1, -0.05) is 152 Å². The van der Waals surface area contributed by atoms with Gasteiger partial charge in [0.15, 0.2) is 11.4 Å². The molecule has 0 N–H and O–H groups in total. The summed E-state index contributed by atoms with van der Waals surface area (Å²) in [7, 11) is 0. The van der Waals surface area contributed by atoms with Crippen molar-refractivity contribution in [2.24, 2.45) is 0 Å². The summed E-state index contributed by atoms with van der Waals surface area (Å²) >= 11 is 0. The molecule has 0 amide bonds. The van der Waals surface area contributed by atoms with E-state index in [2.05, 4.69) is 169 Å². The van der Waals surface area contributed by atoms with Gasteiger partial charge in [-0.15, -0.1) is 0 Å². The zero-order valence-corrected chi connectivity index (χ0v) is 40.0. The number of nitrogens with zero attached hydrogens (tertiary/aromatic N) is 8. The Morgan fingerprint density at radius 2 is 0.747 bits per heavy atom. The van der Waals surface area contributed by atoms with Crippen LogP contribution < -0.4 is 0 Å². The predicted octanol–water partition coefficient (Wildman–Crippen LogP) is 17.4. The van der Waals surface area contributed by atoms with Gasteiger partial charge < -0.3 is 13.7 Å². The number of fused-ring (bicyclic) bond motifs is 9. The van der Waals surface area contributed by atoms with Crippen LogP contribution in [-0.2, 0) is 0 Å². The van der Waals surface area contributed by atoms with Crippen molar-refractivity contribution < 1.29 is 0 Å². The summed E-state index contributed by atoms with van der Waals surface area (Å²) in [6.45, 7) is 15.7. The first-order valence-corrected chi connectivity index (χ1v) is 24.6. The minimum absolute atomic E-state index is 0.399. The van der Waals surface area contributed by atoms with Gasteiger partial charge in [-0.25, -0.2) is 19.7 Å². The SMILES string of the molecule is [C-]#[N+]c1ccccc1-c1cc(-c2ccc(-c3ccc(-n4c5ccc(-n6c7ccccc7c7ccccc76)cc5c5cc(-n6c7ccccc7c7ccccc76)ccc54)cc3C#N)cc2)nc(-c2ccccc2[N+]#[C-])n1. The van der Waals surface area contributed by atoms with Crippen LogP contribution in [0.3, 0.4) is 0 Å². The lowest BCUT2D eigenvalue weighted by atomic mass is 9.97. The Morgan fingerprint density at radius 3 is 1.25 bits per heavy atom. The van der Waals surface area contributed by atoms with E-state index >= 15 is 0 Å². The fraction of sp³-hybridized carbons (Fsp3) is 0. The standard InChI is InChI=1S/C67H38N8/c1-69-57-21-9-3-19-53(57)60-40-59(71-67(72-60)54-20-4-10-22-58(54)70-2)43-29-27-42(28-30-43)48-34-31-45(37-44(48)41-68)73-65-35-32-46(74-61-23-11-5-15-49(61)50-16-6-12-24-62(50)74)38-55(65)56-39-47(33-36-66(56)73)75-63-25-13-7-17-51(63)52-18-8-14-26-64(52)75/h3-40H. The summed E-state index contributed by atoms with van der Waals surface area (Å²) in [5.41, 5.74) is 16.1. The normalized spacial score (nSPS) is 11.4. The van der Waals surface area contributed by atoms with E-state index in [9.17, 15) is 5.26 Å². The molecule has 8 heteroatoms. The maximum Gasteiger partial charge on any atom is 0.198 e. The Bertz CT molecular complexity index is 4460. The highest BCUT2D eigenvalue weighted by Gasteiger charge is 2.21. The fourth-order valence-electron chi connectivity index (χ4n) is 11.2. The third-order valence-electron chi connectivity index (χ3n) is 14.6. The summed E-state index contributed by atoms with van der Waals surface area (Å²) in [5, 5.41) is 17.9. The van der Waals surface area contributed by atoms with Crippen LogP contribution in [0.4, 0.5) is 11.4 Å². The molecule has 0 spiro atoms. The van der Waals surface area contributed by atoms with E-state index in [4.69, 9.17) is 23.1 Å². The van der Waals surface area contributed by atoms with Crippen LogP contribution in [0.5, 0.6) is 0 Å². The van der Waals surface area contributed by atoms with Gasteiger partial charge >= 0.3 is 0 Å². The molecule has 0 unspecified atom stereocenters. The monoisotopic (exact) mass is 954 g/mol. The molecule has 0 saturated carbocycles. The van der Waals surface area contributed by atoms with E-state index in [1.807, 2.05) is 78.9 Å². The second-order valence-electron chi connectivity index (χ2n) is 18.6. The number of aromatic nitrogens is 5. The lowest BCUT2D eigenvalue weighted by molar-refractivity contribution is 1.16. The Morgan fingerprint density at radius 1 is 0.347 bits per heavy atom.